The van der Waals surface area contributed by atoms with Gasteiger partial charge < -0.3 is 5.11 Å². The number of halogens is 1. The van der Waals surface area contributed by atoms with Gasteiger partial charge in [-0.25, -0.2) is 0 Å². The van der Waals surface area contributed by atoms with E-state index in [1.807, 2.05) is 24.3 Å². The molecule has 0 fully saturated rings. The Kier molecular flexibility index (Phi) is 4.62. The fourth-order valence-electron chi connectivity index (χ4n) is 1.52. The zero-order chi connectivity index (χ0) is 11.4. The molecule has 1 aromatic rings. The van der Waals surface area contributed by atoms with E-state index in [0.29, 0.717) is 18.3 Å². The zero-order valence-electron chi connectivity index (χ0n) is 9.57. The molecule has 0 heterocycles. The maximum absolute atomic E-state index is 10.0. The molecule has 0 spiro atoms. The van der Waals surface area contributed by atoms with Gasteiger partial charge in [0.2, 0.25) is 0 Å². The van der Waals surface area contributed by atoms with Crippen LogP contribution in [0.4, 0.5) is 0 Å². The smallest absolute Gasteiger partial charge is 0.0609 e. The van der Waals surface area contributed by atoms with Gasteiger partial charge in [0.15, 0.2) is 0 Å². The van der Waals surface area contributed by atoms with Gasteiger partial charge in [0.25, 0.3) is 0 Å². The Labute approximate surface area is 97.1 Å². The molecule has 15 heavy (non-hydrogen) atoms. The van der Waals surface area contributed by atoms with Crippen LogP contribution < -0.4 is 0 Å². The normalized spacial score (nSPS) is 15.3. The molecule has 0 aliphatic carbocycles. The van der Waals surface area contributed by atoms with E-state index in [9.17, 15) is 5.11 Å². The van der Waals surface area contributed by atoms with Crippen LogP contribution in [-0.2, 0) is 6.42 Å². The minimum Gasteiger partial charge on any atom is -0.392 e. The number of benzene rings is 1. The maximum Gasteiger partial charge on any atom is 0.0609 e. The largest absolute Gasteiger partial charge is 0.392 e. The highest BCUT2D eigenvalue weighted by Gasteiger charge is 2.18. The van der Waals surface area contributed by atoms with Crippen molar-refractivity contribution in [1.29, 1.82) is 0 Å². The van der Waals surface area contributed by atoms with Gasteiger partial charge in [-0.15, -0.1) is 0 Å². The Hall–Kier alpha value is -0.530. The van der Waals surface area contributed by atoms with E-state index in [-0.39, 0.29) is 6.10 Å². The maximum atomic E-state index is 10.0. The summed E-state index contributed by atoms with van der Waals surface area (Å²) in [6, 6.07) is 7.69. The average molecular weight is 227 g/mol. The fourth-order valence-corrected chi connectivity index (χ4v) is 1.73. The minimum absolute atomic E-state index is 0.293. The Balaban J connectivity index is 2.66. The third-order valence-corrected chi connectivity index (χ3v) is 3.41. The Morgan fingerprint density at radius 1 is 1.20 bits per heavy atom. The molecule has 0 aliphatic heterocycles. The van der Waals surface area contributed by atoms with Crippen LogP contribution in [0.3, 0.4) is 0 Å². The second-order valence-electron chi connectivity index (χ2n) is 4.47. The van der Waals surface area contributed by atoms with Crippen LogP contribution in [0.15, 0.2) is 24.3 Å². The van der Waals surface area contributed by atoms with Crippen molar-refractivity contribution in [3.05, 3.63) is 34.9 Å². The lowest BCUT2D eigenvalue weighted by Crippen LogP contribution is -2.24. The summed E-state index contributed by atoms with van der Waals surface area (Å²) in [6.45, 7) is 6.33. The van der Waals surface area contributed by atoms with Crippen molar-refractivity contribution in [3.8, 4) is 0 Å². The van der Waals surface area contributed by atoms with Gasteiger partial charge in [-0.3, -0.25) is 0 Å². The molecule has 0 radical (unpaired) electrons. The van der Waals surface area contributed by atoms with Gasteiger partial charge in [0, 0.05) is 11.4 Å². The molecule has 1 rings (SSSR count). The van der Waals surface area contributed by atoms with Gasteiger partial charge in [-0.2, -0.15) is 0 Å². The average Bonchev–Trinajstić information content (AvgIpc) is 2.20. The molecule has 84 valence electrons. The van der Waals surface area contributed by atoms with Crippen molar-refractivity contribution in [2.24, 2.45) is 11.8 Å². The number of hydrogen-bond acceptors (Lipinski definition) is 1. The SMILES string of the molecule is CC(C)C(C)C(O)Cc1ccccc1Cl. The van der Waals surface area contributed by atoms with Crippen LogP contribution in [0.1, 0.15) is 26.3 Å². The summed E-state index contributed by atoms with van der Waals surface area (Å²) in [4.78, 5) is 0. The van der Waals surface area contributed by atoms with Crippen molar-refractivity contribution < 1.29 is 5.11 Å². The van der Waals surface area contributed by atoms with Crippen LogP contribution in [0.5, 0.6) is 0 Å². The summed E-state index contributed by atoms with van der Waals surface area (Å²) in [7, 11) is 0. The van der Waals surface area contributed by atoms with E-state index in [1.54, 1.807) is 0 Å². The highest BCUT2D eigenvalue weighted by molar-refractivity contribution is 6.31. The molecule has 2 atom stereocenters. The first kappa shape index (κ1) is 12.5. The molecule has 1 aromatic carbocycles. The van der Waals surface area contributed by atoms with E-state index in [2.05, 4.69) is 20.8 Å². The third-order valence-electron chi connectivity index (χ3n) is 3.05. The van der Waals surface area contributed by atoms with Crippen LogP contribution in [-0.4, -0.2) is 11.2 Å². The van der Waals surface area contributed by atoms with Gasteiger partial charge in [0.05, 0.1) is 6.10 Å². The summed E-state index contributed by atoms with van der Waals surface area (Å²) in [5.74, 6) is 0.781. The summed E-state index contributed by atoms with van der Waals surface area (Å²) >= 11 is 6.04. The Morgan fingerprint density at radius 3 is 2.33 bits per heavy atom. The molecule has 0 saturated carbocycles. The lowest BCUT2D eigenvalue weighted by atomic mass is 9.89. The number of rotatable bonds is 4. The van der Waals surface area contributed by atoms with Crippen molar-refractivity contribution >= 4 is 11.6 Å². The summed E-state index contributed by atoms with van der Waals surface area (Å²) in [6.07, 6.45) is 0.323. The summed E-state index contributed by atoms with van der Waals surface area (Å²) in [5, 5.41) is 10.8. The van der Waals surface area contributed by atoms with E-state index in [1.165, 1.54) is 0 Å². The molecular weight excluding hydrogens is 208 g/mol. The second-order valence-corrected chi connectivity index (χ2v) is 4.87. The van der Waals surface area contributed by atoms with Crippen LogP contribution >= 0.6 is 11.6 Å². The van der Waals surface area contributed by atoms with Crippen molar-refractivity contribution in [1.82, 2.24) is 0 Å². The number of aliphatic hydroxyl groups is 1. The van der Waals surface area contributed by atoms with Gasteiger partial charge in [-0.05, 0) is 23.5 Å². The molecule has 0 saturated heterocycles. The van der Waals surface area contributed by atoms with Gasteiger partial charge >= 0.3 is 0 Å². The van der Waals surface area contributed by atoms with E-state index in [0.717, 1.165) is 10.6 Å². The van der Waals surface area contributed by atoms with E-state index in [4.69, 9.17) is 11.6 Å². The molecule has 0 bridgehead atoms. The molecule has 0 amide bonds. The lowest BCUT2D eigenvalue weighted by molar-refractivity contribution is 0.0922. The van der Waals surface area contributed by atoms with Crippen molar-refractivity contribution in [2.45, 2.75) is 33.3 Å². The monoisotopic (exact) mass is 226 g/mol. The molecule has 0 aliphatic rings. The van der Waals surface area contributed by atoms with E-state index < -0.39 is 0 Å². The van der Waals surface area contributed by atoms with Crippen LogP contribution in [0.25, 0.3) is 0 Å². The molecule has 0 aromatic heterocycles. The topological polar surface area (TPSA) is 20.2 Å². The highest BCUT2D eigenvalue weighted by Crippen LogP contribution is 2.22. The first-order valence-corrected chi connectivity index (χ1v) is 5.81. The Morgan fingerprint density at radius 2 is 1.80 bits per heavy atom. The molecule has 2 heteroatoms. The minimum atomic E-state index is -0.315. The van der Waals surface area contributed by atoms with Gasteiger partial charge in [-0.1, -0.05) is 50.6 Å². The van der Waals surface area contributed by atoms with Crippen molar-refractivity contribution in [3.63, 3.8) is 0 Å². The molecule has 1 nitrogen and oxygen atoms in total. The second kappa shape index (κ2) is 5.53. The Bertz CT molecular complexity index is 309. The third kappa shape index (κ3) is 3.51. The number of aliphatic hydroxyl groups excluding tert-OH is 1. The molecule has 2 unspecified atom stereocenters. The predicted molar refractivity (Wildman–Crippen MR) is 65.2 cm³/mol. The number of hydrogen-bond donors (Lipinski definition) is 1. The van der Waals surface area contributed by atoms with Crippen LogP contribution in [0, 0.1) is 11.8 Å². The first-order chi connectivity index (χ1) is 7.02. The highest BCUT2D eigenvalue weighted by atomic mass is 35.5. The quantitative estimate of drug-likeness (QED) is 0.833. The molecule has 1 N–H and O–H groups in total. The predicted octanol–water partition coefficient (Wildman–Crippen LogP) is 3.54. The summed E-state index contributed by atoms with van der Waals surface area (Å²) in [5.41, 5.74) is 1.03. The zero-order valence-corrected chi connectivity index (χ0v) is 10.3. The first-order valence-electron chi connectivity index (χ1n) is 5.44. The fraction of sp³-hybridized carbons (Fsp3) is 0.538. The van der Waals surface area contributed by atoms with Crippen molar-refractivity contribution in [2.75, 3.05) is 0 Å². The molecular formula is C13H19ClO. The summed E-state index contributed by atoms with van der Waals surface area (Å²) < 4.78 is 0. The lowest BCUT2D eigenvalue weighted by Gasteiger charge is -2.22. The van der Waals surface area contributed by atoms with Gasteiger partial charge in [0.1, 0.15) is 0 Å². The van der Waals surface area contributed by atoms with E-state index >= 15 is 0 Å². The van der Waals surface area contributed by atoms with Crippen LogP contribution in [0.2, 0.25) is 5.02 Å². The standard InChI is InChI=1S/C13H19ClO/c1-9(2)10(3)13(15)8-11-6-4-5-7-12(11)14/h4-7,9-10,13,15H,8H2,1-3H3.